The zero-order valence-corrected chi connectivity index (χ0v) is 11.2. The minimum atomic E-state index is 0.247. The first-order valence-corrected chi connectivity index (χ1v) is 6.17. The molecular formula is C12H10BrN3O2. The van der Waals surface area contributed by atoms with Crippen molar-refractivity contribution in [1.29, 1.82) is 0 Å². The van der Waals surface area contributed by atoms with Crippen molar-refractivity contribution < 1.29 is 9.47 Å². The Morgan fingerprint density at radius 3 is 2.89 bits per heavy atom. The van der Waals surface area contributed by atoms with Crippen LogP contribution in [0.1, 0.15) is 0 Å². The van der Waals surface area contributed by atoms with Crippen LogP contribution in [-0.2, 0) is 0 Å². The Hall–Kier alpha value is -1.82. The predicted octanol–water partition coefficient (Wildman–Crippen LogP) is 2.68. The van der Waals surface area contributed by atoms with Crippen molar-refractivity contribution in [3.63, 3.8) is 0 Å². The van der Waals surface area contributed by atoms with Crippen LogP contribution >= 0.6 is 15.9 Å². The molecule has 0 saturated carbocycles. The maximum atomic E-state index is 5.39. The molecule has 18 heavy (non-hydrogen) atoms. The van der Waals surface area contributed by atoms with Gasteiger partial charge in [0.2, 0.25) is 6.79 Å². The zero-order chi connectivity index (χ0) is 12.5. The highest BCUT2D eigenvalue weighted by molar-refractivity contribution is 9.10. The number of benzene rings is 1. The number of halogens is 1. The normalized spacial score (nSPS) is 12.6. The Bertz CT molecular complexity index is 604. The summed E-state index contributed by atoms with van der Waals surface area (Å²) >= 11 is 3.47. The van der Waals surface area contributed by atoms with Gasteiger partial charge in [-0.2, -0.15) is 0 Å². The molecular weight excluding hydrogens is 298 g/mol. The molecule has 3 rings (SSSR count). The molecule has 0 aliphatic carbocycles. The third kappa shape index (κ3) is 1.78. The van der Waals surface area contributed by atoms with E-state index in [1.54, 1.807) is 12.4 Å². The maximum Gasteiger partial charge on any atom is 0.231 e. The molecule has 0 amide bonds. The van der Waals surface area contributed by atoms with Gasteiger partial charge in [0, 0.05) is 25.0 Å². The number of ether oxygens (including phenoxy) is 2. The Kier molecular flexibility index (Phi) is 2.79. The molecule has 0 atom stereocenters. The Morgan fingerprint density at radius 1 is 1.22 bits per heavy atom. The van der Waals surface area contributed by atoms with E-state index in [9.17, 15) is 0 Å². The molecule has 0 bridgehead atoms. The second-order valence-corrected chi connectivity index (χ2v) is 4.55. The van der Waals surface area contributed by atoms with E-state index in [2.05, 4.69) is 31.2 Å². The number of hydrogen-bond acceptors (Lipinski definition) is 5. The highest BCUT2D eigenvalue weighted by Gasteiger charge is 2.19. The molecule has 2 aromatic rings. The lowest BCUT2D eigenvalue weighted by molar-refractivity contribution is 0.173. The standard InChI is InChI=1S/C12H10BrN3O2/c1-14-12-10(15-2-3-16-12)7-4-8(13)11-9(5-7)17-6-18-11/h2-5H,6H2,1H3,(H,14,16). The van der Waals surface area contributed by atoms with Gasteiger partial charge in [0.25, 0.3) is 0 Å². The predicted molar refractivity (Wildman–Crippen MR) is 70.8 cm³/mol. The van der Waals surface area contributed by atoms with Crippen LogP contribution in [0.3, 0.4) is 0 Å². The fourth-order valence-corrected chi connectivity index (χ4v) is 2.39. The van der Waals surface area contributed by atoms with Gasteiger partial charge < -0.3 is 14.8 Å². The van der Waals surface area contributed by atoms with E-state index in [1.165, 1.54) is 0 Å². The number of nitrogens with zero attached hydrogens (tertiary/aromatic N) is 2. The first-order chi connectivity index (χ1) is 8.79. The number of aromatic nitrogens is 2. The quantitative estimate of drug-likeness (QED) is 0.924. The second kappa shape index (κ2) is 4.45. The molecule has 0 unspecified atom stereocenters. The smallest absolute Gasteiger partial charge is 0.231 e. The van der Waals surface area contributed by atoms with Crippen LogP contribution in [0.15, 0.2) is 29.0 Å². The molecule has 0 saturated heterocycles. The first-order valence-electron chi connectivity index (χ1n) is 5.38. The number of hydrogen-bond donors (Lipinski definition) is 1. The SMILES string of the molecule is CNc1nccnc1-c1cc(Br)c2c(c1)OCO2. The minimum Gasteiger partial charge on any atom is -0.454 e. The third-order valence-corrected chi connectivity index (χ3v) is 3.22. The van der Waals surface area contributed by atoms with Crippen LogP contribution in [-0.4, -0.2) is 23.8 Å². The summed E-state index contributed by atoms with van der Waals surface area (Å²) < 4.78 is 11.6. The van der Waals surface area contributed by atoms with Crippen molar-refractivity contribution in [2.75, 3.05) is 19.2 Å². The van der Waals surface area contributed by atoms with Crippen molar-refractivity contribution in [1.82, 2.24) is 9.97 Å². The van der Waals surface area contributed by atoms with Crippen LogP contribution in [0.25, 0.3) is 11.3 Å². The zero-order valence-electron chi connectivity index (χ0n) is 9.61. The fraction of sp³-hybridized carbons (Fsp3) is 0.167. The number of nitrogens with one attached hydrogen (secondary N) is 1. The monoisotopic (exact) mass is 307 g/mol. The van der Waals surface area contributed by atoms with Crippen LogP contribution in [0, 0.1) is 0 Å². The summed E-state index contributed by atoms with van der Waals surface area (Å²) in [5.41, 5.74) is 1.70. The van der Waals surface area contributed by atoms with Crippen molar-refractivity contribution in [2.45, 2.75) is 0 Å². The van der Waals surface area contributed by atoms with Gasteiger partial charge in [-0.25, -0.2) is 4.98 Å². The minimum absolute atomic E-state index is 0.247. The molecule has 0 radical (unpaired) electrons. The van der Waals surface area contributed by atoms with E-state index < -0.39 is 0 Å². The summed E-state index contributed by atoms with van der Waals surface area (Å²) in [5.74, 6) is 2.17. The Balaban J connectivity index is 2.15. The average Bonchev–Trinajstić information content (AvgIpc) is 2.87. The molecule has 6 heteroatoms. The summed E-state index contributed by atoms with van der Waals surface area (Å²) in [6, 6.07) is 3.84. The van der Waals surface area contributed by atoms with E-state index in [0.29, 0.717) is 5.75 Å². The van der Waals surface area contributed by atoms with E-state index in [-0.39, 0.29) is 6.79 Å². The fourth-order valence-electron chi connectivity index (χ4n) is 1.84. The summed E-state index contributed by atoms with van der Waals surface area (Å²) in [5, 5.41) is 3.02. The van der Waals surface area contributed by atoms with Crippen molar-refractivity contribution in [2.24, 2.45) is 0 Å². The van der Waals surface area contributed by atoms with Gasteiger partial charge in [-0.3, -0.25) is 4.98 Å². The Labute approximate surface area is 112 Å². The number of rotatable bonds is 2. The van der Waals surface area contributed by atoms with Gasteiger partial charge in [-0.1, -0.05) is 0 Å². The number of fused-ring (bicyclic) bond motifs is 1. The molecule has 1 aromatic carbocycles. The van der Waals surface area contributed by atoms with Gasteiger partial charge >= 0.3 is 0 Å². The lowest BCUT2D eigenvalue weighted by Gasteiger charge is -2.08. The molecule has 1 N–H and O–H groups in total. The van der Waals surface area contributed by atoms with E-state index >= 15 is 0 Å². The van der Waals surface area contributed by atoms with Gasteiger partial charge in [0.1, 0.15) is 5.69 Å². The second-order valence-electron chi connectivity index (χ2n) is 3.70. The topological polar surface area (TPSA) is 56.3 Å². The van der Waals surface area contributed by atoms with Gasteiger partial charge in [0.15, 0.2) is 17.3 Å². The number of anilines is 1. The first kappa shape index (κ1) is 11.3. The molecule has 0 fully saturated rings. The van der Waals surface area contributed by atoms with E-state index in [1.807, 2.05) is 19.2 Å². The van der Waals surface area contributed by atoms with Crippen LogP contribution in [0.5, 0.6) is 11.5 Å². The summed E-state index contributed by atoms with van der Waals surface area (Å²) in [6.07, 6.45) is 3.31. The molecule has 1 aliphatic rings. The van der Waals surface area contributed by atoms with Crippen LogP contribution < -0.4 is 14.8 Å². The Morgan fingerprint density at radius 2 is 2.06 bits per heavy atom. The summed E-state index contributed by atoms with van der Waals surface area (Å²) in [6.45, 7) is 0.247. The van der Waals surface area contributed by atoms with Crippen molar-refractivity contribution in [3.05, 3.63) is 29.0 Å². The average molecular weight is 308 g/mol. The third-order valence-electron chi connectivity index (χ3n) is 2.64. The summed E-state index contributed by atoms with van der Waals surface area (Å²) in [4.78, 5) is 8.58. The van der Waals surface area contributed by atoms with Crippen LogP contribution in [0.4, 0.5) is 5.82 Å². The van der Waals surface area contributed by atoms with E-state index in [4.69, 9.17) is 9.47 Å². The molecule has 1 aromatic heterocycles. The lowest BCUT2D eigenvalue weighted by Crippen LogP contribution is -1.97. The van der Waals surface area contributed by atoms with Gasteiger partial charge in [-0.15, -0.1) is 0 Å². The maximum absolute atomic E-state index is 5.39. The highest BCUT2D eigenvalue weighted by Crippen LogP contribution is 2.42. The molecule has 1 aliphatic heterocycles. The van der Waals surface area contributed by atoms with Crippen LogP contribution in [0.2, 0.25) is 0 Å². The van der Waals surface area contributed by atoms with Crippen molar-refractivity contribution in [3.8, 4) is 22.8 Å². The molecule has 0 spiro atoms. The molecule has 2 heterocycles. The lowest BCUT2D eigenvalue weighted by atomic mass is 10.1. The highest BCUT2D eigenvalue weighted by atomic mass is 79.9. The molecule has 92 valence electrons. The van der Waals surface area contributed by atoms with Crippen molar-refractivity contribution >= 4 is 21.7 Å². The molecule has 5 nitrogen and oxygen atoms in total. The van der Waals surface area contributed by atoms with E-state index in [0.717, 1.165) is 27.3 Å². The van der Waals surface area contributed by atoms with Gasteiger partial charge in [-0.05, 0) is 28.1 Å². The largest absolute Gasteiger partial charge is 0.454 e. The summed E-state index contributed by atoms with van der Waals surface area (Å²) in [7, 11) is 1.82. The van der Waals surface area contributed by atoms with Gasteiger partial charge in [0.05, 0.1) is 4.47 Å².